The van der Waals surface area contributed by atoms with Crippen molar-refractivity contribution < 1.29 is 23.2 Å². The summed E-state index contributed by atoms with van der Waals surface area (Å²) in [7, 11) is 0. The van der Waals surface area contributed by atoms with E-state index in [1.165, 1.54) is 44.5 Å². The molecule has 0 saturated carbocycles. The van der Waals surface area contributed by atoms with Gasteiger partial charge in [0.2, 0.25) is 0 Å². The normalized spacial score (nSPS) is 20.8. The monoisotopic (exact) mass is 486 g/mol. The van der Waals surface area contributed by atoms with Crippen LogP contribution in [0.4, 0.5) is 0 Å². The van der Waals surface area contributed by atoms with Gasteiger partial charge in [-0.15, -0.1) is 0 Å². The van der Waals surface area contributed by atoms with Crippen molar-refractivity contribution in [3.63, 3.8) is 0 Å². The van der Waals surface area contributed by atoms with Gasteiger partial charge in [-0.25, -0.2) is 0 Å². The van der Waals surface area contributed by atoms with Crippen molar-refractivity contribution in [3.05, 3.63) is 143 Å². The van der Waals surface area contributed by atoms with Gasteiger partial charge in [0, 0.05) is 0 Å². The molecular formula is C31H24Zr. The van der Waals surface area contributed by atoms with Gasteiger partial charge in [0.1, 0.15) is 0 Å². The van der Waals surface area contributed by atoms with Gasteiger partial charge in [-0.1, -0.05) is 0 Å². The summed E-state index contributed by atoms with van der Waals surface area (Å²) in [6, 6.07) is 40.1. The average molecular weight is 488 g/mol. The fourth-order valence-electron chi connectivity index (χ4n) is 5.32. The second-order valence-electron chi connectivity index (χ2n) is 8.81. The maximum atomic E-state index is 2.52. The Hall–Kier alpha value is -2.76. The van der Waals surface area contributed by atoms with Crippen molar-refractivity contribution in [3.8, 4) is 0 Å². The zero-order valence-corrected chi connectivity index (χ0v) is 20.6. The van der Waals surface area contributed by atoms with Crippen molar-refractivity contribution in [2.24, 2.45) is 0 Å². The van der Waals surface area contributed by atoms with Gasteiger partial charge in [0.15, 0.2) is 0 Å². The number of rotatable bonds is 4. The Morgan fingerprint density at radius 1 is 0.594 bits per heavy atom. The van der Waals surface area contributed by atoms with Gasteiger partial charge in [-0.2, -0.15) is 0 Å². The molecule has 2 unspecified atom stereocenters. The first-order chi connectivity index (χ1) is 15.7. The third kappa shape index (κ3) is 3.23. The molecule has 0 aromatic heterocycles. The number of allylic oxidation sites excluding steroid dienone is 2. The summed E-state index contributed by atoms with van der Waals surface area (Å²) in [6.45, 7) is 2.52. The third-order valence-electron chi connectivity index (χ3n) is 6.89. The standard InChI is InChI=1S/C16H13.C15H11.Zr/c1-12-15-10-6-5-9-14(15)11-16(12)13-7-3-2-4-8-13;1-2-6-12(7-3-1)15-10-13-8-4-5-9-14(13)11-15;/h2-11H,1H3;1-11H;. The molecule has 2 aliphatic rings. The van der Waals surface area contributed by atoms with Gasteiger partial charge in [0.25, 0.3) is 0 Å². The van der Waals surface area contributed by atoms with Gasteiger partial charge < -0.3 is 0 Å². The molecule has 0 nitrogen and oxygen atoms in total. The van der Waals surface area contributed by atoms with Crippen LogP contribution in [-0.2, 0) is 26.4 Å². The Balaban J connectivity index is 1.49. The van der Waals surface area contributed by atoms with Crippen LogP contribution in [-0.4, -0.2) is 0 Å². The summed E-state index contributed by atoms with van der Waals surface area (Å²) in [5, 5.41) is 0. The minimum absolute atomic E-state index is 0.108. The summed E-state index contributed by atoms with van der Waals surface area (Å²) in [5.74, 6) is 0. The molecule has 0 saturated heterocycles. The summed E-state index contributed by atoms with van der Waals surface area (Å²) in [5.41, 5.74) is 11.6. The fraction of sp³-hybridized carbons (Fsp3) is 0.0968. The first-order valence-corrected chi connectivity index (χ1v) is 13.9. The molecule has 32 heavy (non-hydrogen) atoms. The SMILES string of the molecule is C[C]1([Zr][CH]2C(c3ccccc3)=Cc3ccccc32)C(c2ccccc2)=Cc2ccccc21. The van der Waals surface area contributed by atoms with E-state index in [2.05, 4.69) is 128 Å². The molecule has 0 radical (unpaired) electrons. The Bertz CT molecular complexity index is 1350. The van der Waals surface area contributed by atoms with E-state index in [9.17, 15) is 0 Å². The fourth-order valence-corrected chi connectivity index (χ4v) is 10.6. The first-order valence-electron chi connectivity index (χ1n) is 11.2. The Morgan fingerprint density at radius 3 is 1.94 bits per heavy atom. The molecule has 0 N–H and O–H groups in total. The molecule has 4 aromatic carbocycles. The first kappa shape index (κ1) is 19.9. The molecule has 152 valence electrons. The molecule has 0 spiro atoms. The van der Waals surface area contributed by atoms with Crippen molar-refractivity contribution in [1.29, 1.82) is 0 Å². The van der Waals surface area contributed by atoms with Crippen LogP contribution in [0.25, 0.3) is 23.3 Å². The zero-order chi connectivity index (χ0) is 21.5. The molecule has 0 fully saturated rings. The van der Waals surface area contributed by atoms with Gasteiger partial charge in [-0.05, 0) is 0 Å². The van der Waals surface area contributed by atoms with Crippen molar-refractivity contribution >= 4 is 23.3 Å². The predicted molar refractivity (Wildman–Crippen MR) is 132 cm³/mol. The Kier molecular flexibility index (Phi) is 4.96. The molecule has 4 aromatic rings. The molecule has 0 aliphatic heterocycles. The summed E-state index contributed by atoms with van der Waals surface area (Å²) < 4.78 is 0.637. The third-order valence-corrected chi connectivity index (χ3v) is 11.9. The van der Waals surface area contributed by atoms with E-state index in [4.69, 9.17) is 0 Å². The van der Waals surface area contributed by atoms with E-state index in [0.29, 0.717) is 3.63 Å². The zero-order valence-electron chi connectivity index (χ0n) is 18.1. The Morgan fingerprint density at radius 2 is 1.19 bits per heavy atom. The summed E-state index contributed by atoms with van der Waals surface area (Å²) >= 11 is -1.05. The second kappa shape index (κ2) is 7.98. The van der Waals surface area contributed by atoms with Crippen LogP contribution in [0.2, 0.25) is 0 Å². The average Bonchev–Trinajstić information content (AvgIpc) is 3.36. The van der Waals surface area contributed by atoms with Crippen LogP contribution in [0, 0.1) is 0 Å². The molecular weight excluding hydrogens is 464 g/mol. The van der Waals surface area contributed by atoms with Crippen LogP contribution in [0.15, 0.2) is 109 Å². The molecule has 0 amide bonds. The van der Waals surface area contributed by atoms with Crippen molar-refractivity contribution in [1.82, 2.24) is 0 Å². The second-order valence-corrected chi connectivity index (χ2v) is 13.4. The quantitative estimate of drug-likeness (QED) is 0.275. The van der Waals surface area contributed by atoms with Crippen molar-refractivity contribution in [2.75, 3.05) is 0 Å². The molecule has 2 atom stereocenters. The van der Waals surface area contributed by atoms with E-state index in [-0.39, 0.29) is 3.12 Å². The van der Waals surface area contributed by atoms with Crippen LogP contribution in [0.1, 0.15) is 43.9 Å². The van der Waals surface area contributed by atoms with E-state index in [1.807, 2.05) is 0 Å². The van der Waals surface area contributed by atoms with Crippen LogP contribution in [0.3, 0.4) is 0 Å². The van der Waals surface area contributed by atoms with E-state index in [1.54, 1.807) is 0 Å². The molecule has 2 aliphatic carbocycles. The van der Waals surface area contributed by atoms with E-state index in [0.717, 1.165) is 0 Å². The molecule has 6 rings (SSSR count). The number of hydrogen-bond donors (Lipinski definition) is 0. The van der Waals surface area contributed by atoms with Gasteiger partial charge >= 0.3 is 203 Å². The topological polar surface area (TPSA) is 0 Å². The molecule has 0 bridgehead atoms. The predicted octanol–water partition coefficient (Wildman–Crippen LogP) is 7.83. The molecule has 1 heteroatoms. The van der Waals surface area contributed by atoms with E-state index < -0.39 is 23.2 Å². The van der Waals surface area contributed by atoms with Crippen LogP contribution >= 0.6 is 0 Å². The molecule has 0 heterocycles. The van der Waals surface area contributed by atoms with Gasteiger partial charge in [-0.3, -0.25) is 0 Å². The number of fused-ring (bicyclic) bond motifs is 2. The van der Waals surface area contributed by atoms with Crippen LogP contribution < -0.4 is 0 Å². The minimum atomic E-state index is -1.05. The summed E-state index contributed by atoms with van der Waals surface area (Å²) in [4.78, 5) is 0. The van der Waals surface area contributed by atoms with Crippen molar-refractivity contribution in [2.45, 2.75) is 13.7 Å². The summed E-state index contributed by atoms with van der Waals surface area (Å²) in [6.07, 6.45) is 4.91. The van der Waals surface area contributed by atoms with E-state index >= 15 is 0 Å². The maximum absolute atomic E-state index is 2.52. The van der Waals surface area contributed by atoms with Crippen LogP contribution in [0.5, 0.6) is 0 Å². The van der Waals surface area contributed by atoms with Gasteiger partial charge in [0.05, 0.1) is 0 Å². The Labute approximate surface area is 201 Å². The number of hydrogen-bond acceptors (Lipinski definition) is 0. The number of benzene rings is 4.